The fraction of sp³-hybridized carbons (Fsp3) is 1.00. The van der Waals surface area contributed by atoms with E-state index in [0.717, 1.165) is 26.3 Å². The van der Waals surface area contributed by atoms with Gasteiger partial charge in [-0.1, -0.05) is 0 Å². The summed E-state index contributed by atoms with van der Waals surface area (Å²) in [5.74, 6) is 1.35. The highest BCUT2D eigenvalue weighted by molar-refractivity contribution is 5.06. The van der Waals surface area contributed by atoms with Crippen LogP contribution in [0.4, 0.5) is 0 Å². The highest BCUT2D eigenvalue weighted by Crippen LogP contribution is 2.41. The summed E-state index contributed by atoms with van der Waals surface area (Å²) < 4.78 is 5.58. The van der Waals surface area contributed by atoms with Crippen LogP contribution in [0.25, 0.3) is 0 Å². The largest absolute Gasteiger partial charge is 0.394 e. The summed E-state index contributed by atoms with van der Waals surface area (Å²) in [6.45, 7) is 4.20. The molecule has 2 atom stereocenters. The van der Waals surface area contributed by atoms with E-state index >= 15 is 0 Å². The lowest BCUT2D eigenvalue weighted by Crippen LogP contribution is -2.58. The van der Waals surface area contributed by atoms with Crippen LogP contribution in [-0.2, 0) is 4.74 Å². The third kappa shape index (κ3) is 3.73. The van der Waals surface area contributed by atoms with Crippen molar-refractivity contribution in [2.75, 3.05) is 40.0 Å². The molecule has 3 fully saturated rings. The minimum absolute atomic E-state index is 0.0502. The lowest BCUT2D eigenvalue weighted by atomic mass is 9.92. The molecule has 0 bridgehead atoms. The maximum absolute atomic E-state index is 10.0. The first-order valence-electron chi connectivity index (χ1n) is 8.37. The maximum Gasteiger partial charge on any atom is 0.0628 e. The number of aliphatic hydroxyl groups is 1. The zero-order valence-corrected chi connectivity index (χ0v) is 12.8. The number of hydrogen-bond donors (Lipinski definition) is 2. The third-order valence-corrected chi connectivity index (χ3v) is 5.09. The van der Waals surface area contributed by atoms with Crippen molar-refractivity contribution in [3.05, 3.63) is 0 Å². The molecule has 4 nitrogen and oxygen atoms in total. The standard InChI is InChI=1S/C16H30N2O2/c1-18(9-13-3-2-8-20-10-13)11-16(12-19,14-4-5-14)17-15-6-7-15/h13-15,17,19H,2-12H2,1H3. The Balaban J connectivity index is 1.53. The van der Waals surface area contributed by atoms with Crippen molar-refractivity contribution in [2.45, 2.75) is 50.1 Å². The van der Waals surface area contributed by atoms with E-state index in [1.807, 2.05) is 0 Å². The van der Waals surface area contributed by atoms with Crippen molar-refractivity contribution in [2.24, 2.45) is 11.8 Å². The van der Waals surface area contributed by atoms with Gasteiger partial charge in [-0.15, -0.1) is 0 Å². The Morgan fingerprint density at radius 2 is 2.05 bits per heavy atom. The monoisotopic (exact) mass is 282 g/mol. The molecule has 116 valence electrons. The second-order valence-corrected chi connectivity index (χ2v) is 7.29. The van der Waals surface area contributed by atoms with E-state index < -0.39 is 0 Å². The molecule has 4 heteroatoms. The van der Waals surface area contributed by atoms with E-state index in [0.29, 0.717) is 17.9 Å². The van der Waals surface area contributed by atoms with Gasteiger partial charge in [0, 0.05) is 25.7 Å². The maximum atomic E-state index is 10.0. The van der Waals surface area contributed by atoms with E-state index in [2.05, 4.69) is 17.3 Å². The molecule has 0 aromatic carbocycles. The summed E-state index contributed by atoms with van der Waals surface area (Å²) >= 11 is 0. The first kappa shape index (κ1) is 14.8. The molecule has 0 spiro atoms. The second kappa shape index (κ2) is 6.30. The molecule has 2 unspecified atom stereocenters. The summed E-state index contributed by atoms with van der Waals surface area (Å²) in [4.78, 5) is 2.42. The highest BCUT2D eigenvalue weighted by atomic mass is 16.5. The molecule has 1 heterocycles. The molecular formula is C16H30N2O2. The molecule has 20 heavy (non-hydrogen) atoms. The first-order valence-corrected chi connectivity index (χ1v) is 8.37. The van der Waals surface area contributed by atoms with Crippen molar-refractivity contribution in [3.8, 4) is 0 Å². The van der Waals surface area contributed by atoms with E-state index in [4.69, 9.17) is 4.74 Å². The summed E-state index contributed by atoms with van der Waals surface area (Å²) in [5.41, 5.74) is -0.0502. The van der Waals surface area contributed by atoms with Crippen LogP contribution in [0.5, 0.6) is 0 Å². The molecule has 0 radical (unpaired) electrons. The van der Waals surface area contributed by atoms with Crippen LogP contribution in [0, 0.1) is 11.8 Å². The number of hydrogen-bond acceptors (Lipinski definition) is 4. The van der Waals surface area contributed by atoms with Gasteiger partial charge in [0.05, 0.1) is 18.8 Å². The molecule has 0 amide bonds. The summed E-state index contributed by atoms with van der Waals surface area (Å²) in [7, 11) is 2.20. The van der Waals surface area contributed by atoms with E-state index in [9.17, 15) is 5.11 Å². The molecule has 0 aromatic heterocycles. The summed E-state index contributed by atoms with van der Waals surface area (Å²) in [6, 6.07) is 0.661. The summed E-state index contributed by atoms with van der Waals surface area (Å²) in [6.07, 6.45) is 7.62. The normalized spacial score (nSPS) is 30.4. The highest BCUT2D eigenvalue weighted by Gasteiger charge is 2.47. The Hall–Kier alpha value is -0.160. The molecule has 2 N–H and O–H groups in total. The average molecular weight is 282 g/mol. The number of likely N-dealkylation sites (N-methyl/N-ethyl adjacent to an activating group) is 1. The Morgan fingerprint density at radius 1 is 1.25 bits per heavy atom. The lowest BCUT2D eigenvalue weighted by Gasteiger charge is -2.38. The lowest BCUT2D eigenvalue weighted by molar-refractivity contribution is 0.0315. The van der Waals surface area contributed by atoms with Crippen LogP contribution in [0.3, 0.4) is 0 Å². The minimum atomic E-state index is -0.0502. The van der Waals surface area contributed by atoms with Crippen LogP contribution >= 0.6 is 0 Å². The zero-order valence-electron chi connectivity index (χ0n) is 12.8. The molecule has 2 saturated carbocycles. The number of nitrogens with zero attached hydrogens (tertiary/aromatic N) is 1. The Bertz CT molecular complexity index is 312. The van der Waals surface area contributed by atoms with Gasteiger partial charge in [0.25, 0.3) is 0 Å². The zero-order chi connectivity index (χ0) is 14.0. The van der Waals surface area contributed by atoms with Crippen molar-refractivity contribution in [3.63, 3.8) is 0 Å². The quantitative estimate of drug-likeness (QED) is 0.703. The van der Waals surface area contributed by atoms with Gasteiger partial charge in [0.2, 0.25) is 0 Å². The average Bonchev–Trinajstić information content (AvgIpc) is 3.32. The Morgan fingerprint density at radius 3 is 2.60 bits per heavy atom. The van der Waals surface area contributed by atoms with Crippen LogP contribution in [0.2, 0.25) is 0 Å². The number of nitrogens with one attached hydrogen (secondary N) is 1. The van der Waals surface area contributed by atoms with Gasteiger partial charge < -0.3 is 20.1 Å². The van der Waals surface area contributed by atoms with Gasteiger partial charge in [-0.05, 0) is 57.4 Å². The van der Waals surface area contributed by atoms with Crippen molar-refractivity contribution < 1.29 is 9.84 Å². The van der Waals surface area contributed by atoms with Gasteiger partial charge in [0.1, 0.15) is 0 Å². The topological polar surface area (TPSA) is 44.7 Å². The van der Waals surface area contributed by atoms with E-state index in [1.54, 1.807) is 0 Å². The summed E-state index contributed by atoms with van der Waals surface area (Å²) in [5, 5.41) is 13.8. The van der Waals surface area contributed by atoms with E-state index in [1.165, 1.54) is 38.5 Å². The van der Waals surface area contributed by atoms with Crippen molar-refractivity contribution in [1.29, 1.82) is 0 Å². The molecular weight excluding hydrogens is 252 g/mol. The number of rotatable bonds is 8. The van der Waals surface area contributed by atoms with Gasteiger partial charge in [-0.2, -0.15) is 0 Å². The van der Waals surface area contributed by atoms with Gasteiger partial charge in [-0.25, -0.2) is 0 Å². The smallest absolute Gasteiger partial charge is 0.0628 e. The predicted octanol–water partition coefficient (Wildman–Crippen LogP) is 1.24. The fourth-order valence-corrected chi connectivity index (χ4v) is 3.73. The SMILES string of the molecule is CN(CC1CCCOC1)CC(CO)(NC1CC1)C1CC1. The Labute approximate surface area is 122 Å². The van der Waals surface area contributed by atoms with Crippen LogP contribution in [0.15, 0.2) is 0 Å². The molecule has 3 aliphatic rings. The Kier molecular flexibility index (Phi) is 4.65. The van der Waals surface area contributed by atoms with Crippen molar-refractivity contribution in [1.82, 2.24) is 10.2 Å². The molecule has 2 aliphatic carbocycles. The number of aliphatic hydroxyl groups excluding tert-OH is 1. The van der Waals surface area contributed by atoms with Crippen LogP contribution in [-0.4, -0.2) is 61.5 Å². The third-order valence-electron chi connectivity index (χ3n) is 5.09. The van der Waals surface area contributed by atoms with Gasteiger partial charge in [-0.3, -0.25) is 0 Å². The van der Waals surface area contributed by atoms with Gasteiger partial charge in [0.15, 0.2) is 0 Å². The van der Waals surface area contributed by atoms with Crippen molar-refractivity contribution >= 4 is 0 Å². The molecule has 1 aliphatic heterocycles. The number of ether oxygens (including phenoxy) is 1. The predicted molar refractivity (Wildman–Crippen MR) is 79.7 cm³/mol. The molecule has 3 rings (SSSR count). The first-order chi connectivity index (χ1) is 9.72. The molecule has 1 saturated heterocycles. The second-order valence-electron chi connectivity index (χ2n) is 7.29. The van der Waals surface area contributed by atoms with E-state index in [-0.39, 0.29) is 12.1 Å². The molecule has 0 aromatic rings. The van der Waals surface area contributed by atoms with Gasteiger partial charge >= 0.3 is 0 Å². The van der Waals surface area contributed by atoms with Crippen LogP contribution in [0.1, 0.15) is 38.5 Å². The van der Waals surface area contributed by atoms with Crippen LogP contribution < -0.4 is 5.32 Å². The fourth-order valence-electron chi connectivity index (χ4n) is 3.73. The minimum Gasteiger partial charge on any atom is -0.394 e.